The predicted octanol–water partition coefficient (Wildman–Crippen LogP) is 5.97. The van der Waals surface area contributed by atoms with Crippen LogP contribution in [0.1, 0.15) is 36.1 Å². The molecule has 0 spiro atoms. The first-order valence-corrected chi connectivity index (χ1v) is 10.6. The number of hydrogen-bond acceptors (Lipinski definition) is 2. The van der Waals surface area contributed by atoms with E-state index >= 15 is 0 Å². The zero-order chi connectivity index (χ0) is 25.4. The van der Waals surface area contributed by atoms with E-state index < -0.39 is 52.4 Å². The number of carbonyl (C=O) groups excluding carboxylic acids is 2. The molecule has 2 aromatic carbocycles. The number of nitrogens with one attached hydrogen (secondary N) is 1. The van der Waals surface area contributed by atoms with Gasteiger partial charge in [-0.15, -0.1) is 0 Å². The lowest BCUT2D eigenvalue weighted by Crippen LogP contribution is -2.36. The zero-order valence-corrected chi connectivity index (χ0v) is 18.7. The van der Waals surface area contributed by atoms with Gasteiger partial charge in [0.25, 0.3) is 0 Å². The van der Waals surface area contributed by atoms with Crippen LogP contribution in [0.15, 0.2) is 36.4 Å². The summed E-state index contributed by atoms with van der Waals surface area (Å²) in [5.74, 6) is -2.23. The fourth-order valence-electron chi connectivity index (χ4n) is 5.44. The summed E-state index contributed by atoms with van der Waals surface area (Å²) in [6.45, 7) is 6.98. The van der Waals surface area contributed by atoms with Crippen LogP contribution in [0.5, 0.6) is 0 Å². The minimum Gasteiger partial charge on any atom is -0.325 e. The third-order valence-corrected chi connectivity index (χ3v) is 7.13. The van der Waals surface area contributed by atoms with Crippen molar-refractivity contribution >= 4 is 23.2 Å². The molecule has 4 rings (SSSR count). The van der Waals surface area contributed by atoms with Gasteiger partial charge in [0.05, 0.1) is 28.5 Å². The van der Waals surface area contributed by atoms with Crippen molar-refractivity contribution in [2.24, 2.45) is 17.3 Å². The maximum atomic E-state index is 13.4. The van der Waals surface area contributed by atoms with E-state index in [0.29, 0.717) is 17.8 Å². The Kier molecular flexibility index (Phi) is 5.30. The van der Waals surface area contributed by atoms with Crippen molar-refractivity contribution in [3.63, 3.8) is 0 Å². The number of alkyl halides is 6. The summed E-state index contributed by atoms with van der Waals surface area (Å²) in [4.78, 5) is 28.1. The van der Waals surface area contributed by atoms with E-state index in [0.717, 1.165) is 11.1 Å². The summed E-state index contributed by atoms with van der Waals surface area (Å²) in [6, 6.07) is 5.88. The van der Waals surface area contributed by atoms with Gasteiger partial charge in [0.2, 0.25) is 11.8 Å². The molecule has 1 heterocycles. The third-order valence-electron chi connectivity index (χ3n) is 7.13. The maximum absolute atomic E-state index is 13.4. The highest BCUT2D eigenvalue weighted by Crippen LogP contribution is 2.66. The molecule has 1 saturated carbocycles. The Morgan fingerprint density at radius 3 is 1.91 bits per heavy atom. The second-order valence-electron chi connectivity index (χ2n) is 9.09. The van der Waals surface area contributed by atoms with Crippen molar-refractivity contribution in [1.29, 1.82) is 0 Å². The molecule has 2 fully saturated rings. The van der Waals surface area contributed by atoms with E-state index in [4.69, 9.17) is 0 Å². The lowest BCUT2D eigenvalue weighted by molar-refractivity contribution is -0.143. The first kappa shape index (κ1) is 24.1. The zero-order valence-electron chi connectivity index (χ0n) is 18.7. The number of nitrogens with zero attached hydrogens (tertiary/aromatic N) is 1. The van der Waals surface area contributed by atoms with Gasteiger partial charge in [-0.1, -0.05) is 32.0 Å². The molecule has 34 heavy (non-hydrogen) atoms. The summed E-state index contributed by atoms with van der Waals surface area (Å²) in [5.41, 5.74) is -2.62. The second kappa shape index (κ2) is 7.48. The van der Waals surface area contributed by atoms with Crippen molar-refractivity contribution < 1.29 is 35.9 Å². The summed E-state index contributed by atoms with van der Waals surface area (Å²) < 4.78 is 79.3. The molecule has 4 unspecified atom stereocenters. The summed E-state index contributed by atoms with van der Waals surface area (Å²) in [7, 11) is 0. The van der Waals surface area contributed by atoms with E-state index in [9.17, 15) is 35.9 Å². The third kappa shape index (κ3) is 3.45. The Hall–Kier alpha value is -3.04. The van der Waals surface area contributed by atoms with Crippen LogP contribution in [-0.2, 0) is 21.9 Å². The quantitative estimate of drug-likeness (QED) is 0.546. The molecule has 2 amide bonds. The van der Waals surface area contributed by atoms with Gasteiger partial charge in [-0.3, -0.25) is 9.59 Å². The number of aryl methyl sites for hydroxylation is 2. The Morgan fingerprint density at radius 2 is 1.44 bits per heavy atom. The molecule has 2 aromatic rings. The molecule has 10 heteroatoms. The largest absolute Gasteiger partial charge is 0.416 e. The van der Waals surface area contributed by atoms with Crippen molar-refractivity contribution in [3.8, 4) is 0 Å². The van der Waals surface area contributed by atoms with Crippen molar-refractivity contribution in [2.75, 3.05) is 10.2 Å². The van der Waals surface area contributed by atoms with Gasteiger partial charge in [-0.05, 0) is 49.1 Å². The van der Waals surface area contributed by atoms with E-state index in [-0.39, 0.29) is 17.9 Å². The first-order valence-electron chi connectivity index (χ1n) is 10.6. The molecule has 4 atom stereocenters. The van der Waals surface area contributed by atoms with Crippen LogP contribution in [0, 0.1) is 31.1 Å². The van der Waals surface area contributed by atoms with E-state index in [1.54, 1.807) is 18.7 Å². The van der Waals surface area contributed by atoms with Crippen LogP contribution < -0.4 is 10.2 Å². The van der Waals surface area contributed by atoms with Crippen LogP contribution in [0.2, 0.25) is 0 Å². The molecule has 0 aromatic heterocycles. The van der Waals surface area contributed by atoms with Gasteiger partial charge in [0.1, 0.15) is 0 Å². The lowest BCUT2D eigenvalue weighted by atomic mass is 9.88. The molecule has 0 bridgehead atoms. The smallest absolute Gasteiger partial charge is 0.325 e. The number of halogens is 6. The Bertz CT molecular complexity index is 1140. The van der Waals surface area contributed by atoms with Gasteiger partial charge in [0, 0.05) is 11.4 Å². The standard InChI is InChI=1S/C24H22F6N2O2/c1-11-6-5-7-12(2)18(11)32-19-13(3)22(19,14(4)20(32)33)21(34)31-17-9-15(23(25,26)27)8-16(10-17)24(28,29)30/h5-10,13-14,19H,1-4H3,(H,31,34). The second-order valence-corrected chi connectivity index (χ2v) is 9.09. The van der Waals surface area contributed by atoms with Gasteiger partial charge in [-0.2, -0.15) is 26.3 Å². The fourth-order valence-corrected chi connectivity index (χ4v) is 5.44. The molecule has 182 valence electrons. The monoisotopic (exact) mass is 484 g/mol. The van der Waals surface area contributed by atoms with Crippen molar-refractivity contribution in [1.82, 2.24) is 0 Å². The number of anilines is 2. The molecule has 2 aliphatic rings. The molecule has 1 aliphatic carbocycles. The predicted molar refractivity (Wildman–Crippen MR) is 113 cm³/mol. The van der Waals surface area contributed by atoms with Crippen molar-refractivity contribution in [3.05, 3.63) is 58.7 Å². The highest BCUT2D eigenvalue weighted by atomic mass is 19.4. The van der Waals surface area contributed by atoms with Gasteiger partial charge < -0.3 is 10.2 Å². The van der Waals surface area contributed by atoms with Gasteiger partial charge in [-0.25, -0.2) is 0 Å². The van der Waals surface area contributed by atoms with Crippen LogP contribution >= 0.6 is 0 Å². The highest BCUT2D eigenvalue weighted by molar-refractivity contribution is 6.12. The van der Waals surface area contributed by atoms with Crippen LogP contribution in [0.25, 0.3) is 0 Å². The molecule has 4 nitrogen and oxygen atoms in total. The number of piperidine rings is 1. The maximum Gasteiger partial charge on any atom is 0.416 e. The number of hydrogen-bond donors (Lipinski definition) is 1. The molecule has 1 N–H and O–H groups in total. The highest BCUT2D eigenvalue weighted by Gasteiger charge is 2.79. The fraction of sp³-hybridized carbons (Fsp3) is 0.417. The van der Waals surface area contributed by atoms with Crippen LogP contribution in [0.4, 0.5) is 37.7 Å². The Balaban J connectivity index is 1.72. The van der Waals surface area contributed by atoms with E-state index in [1.807, 2.05) is 32.0 Å². The molecule has 1 aliphatic heterocycles. The molecular formula is C24H22F6N2O2. The number of para-hydroxylation sites is 1. The molecular weight excluding hydrogens is 462 g/mol. The summed E-state index contributed by atoms with van der Waals surface area (Å²) in [5, 5.41) is 2.26. The normalized spacial score (nSPS) is 26.5. The Labute approximate surface area is 191 Å². The SMILES string of the molecule is Cc1cccc(C)c1N1C(=O)C(C)C2(C(=O)Nc3cc(C(F)(F)F)cc(C(F)(F)F)c3)C(C)C12. The lowest BCUT2D eigenvalue weighted by Gasteiger charge is -2.25. The van der Waals surface area contributed by atoms with Gasteiger partial charge in [0.15, 0.2) is 0 Å². The van der Waals surface area contributed by atoms with Gasteiger partial charge >= 0.3 is 12.4 Å². The van der Waals surface area contributed by atoms with E-state index in [1.165, 1.54) is 0 Å². The minimum atomic E-state index is -5.04. The van der Waals surface area contributed by atoms with Crippen LogP contribution in [-0.4, -0.2) is 17.9 Å². The van der Waals surface area contributed by atoms with Crippen molar-refractivity contribution in [2.45, 2.75) is 46.1 Å². The Morgan fingerprint density at radius 1 is 0.941 bits per heavy atom. The minimum absolute atomic E-state index is 0.000899. The van der Waals surface area contributed by atoms with Crippen LogP contribution in [0.3, 0.4) is 0 Å². The topological polar surface area (TPSA) is 49.4 Å². The number of fused-ring (bicyclic) bond motifs is 1. The summed E-state index contributed by atoms with van der Waals surface area (Å²) >= 11 is 0. The number of rotatable bonds is 3. The molecule has 0 radical (unpaired) electrons. The first-order chi connectivity index (χ1) is 15.6. The summed E-state index contributed by atoms with van der Waals surface area (Å²) in [6.07, 6.45) is -10.1. The van der Waals surface area contributed by atoms with E-state index in [2.05, 4.69) is 5.32 Å². The number of carbonyl (C=O) groups is 2. The molecule has 1 saturated heterocycles. The average Bonchev–Trinajstić information content (AvgIpc) is 3.25. The number of amides is 2. The average molecular weight is 484 g/mol. The number of benzene rings is 2.